The van der Waals surface area contributed by atoms with Gasteiger partial charge in [0.05, 0.1) is 4.08 Å². The van der Waals surface area contributed by atoms with Gasteiger partial charge in [-0.3, -0.25) is 0 Å². The molecule has 0 aliphatic heterocycles. The zero-order valence-corrected chi connectivity index (χ0v) is 12.5. The average molecular weight is 271 g/mol. The molecule has 4 aliphatic rings. The van der Waals surface area contributed by atoms with Gasteiger partial charge in [-0.1, -0.05) is 6.92 Å². The first kappa shape index (κ1) is 12.7. The van der Waals surface area contributed by atoms with Gasteiger partial charge >= 0.3 is 0 Å². The molecule has 1 nitrogen and oxygen atoms in total. The third-order valence-electron chi connectivity index (χ3n) is 5.36. The summed E-state index contributed by atoms with van der Waals surface area (Å²) in [7, 11) is 0. The van der Waals surface area contributed by atoms with Gasteiger partial charge in [0.1, 0.15) is 0 Å². The highest BCUT2D eigenvalue weighted by molar-refractivity contribution is 8.11. The Bertz CT molecular complexity index is 264. The predicted octanol–water partition coefficient (Wildman–Crippen LogP) is 3.54. The minimum absolute atomic E-state index is 0.264. The topological polar surface area (TPSA) is 26.0 Å². The quantitative estimate of drug-likeness (QED) is 0.604. The van der Waals surface area contributed by atoms with Crippen molar-refractivity contribution in [3.05, 3.63) is 0 Å². The normalized spacial score (nSPS) is 49.6. The molecule has 4 saturated carbocycles. The van der Waals surface area contributed by atoms with Crippen molar-refractivity contribution in [2.24, 2.45) is 29.4 Å². The van der Waals surface area contributed by atoms with E-state index in [4.69, 9.17) is 18.4 Å². The van der Waals surface area contributed by atoms with Crippen LogP contribution in [-0.4, -0.2) is 15.9 Å². The van der Waals surface area contributed by atoms with Crippen molar-refractivity contribution >= 4 is 24.4 Å². The zero-order valence-electron chi connectivity index (χ0n) is 10.8. The molecule has 0 radical (unpaired) electrons. The van der Waals surface area contributed by atoms with Crippen molar-refractivity contribution < 1.29 is 0 Å². The van der Waals surface area contributed by atoms with Crippen LogP contribution in [0.25, 0.3) is 0 Å². The molecule has 3 heteroatoms. The van der Waals surface area contributed by atoms with E-state index in [2.05, 4.69) is 18.7 Å². The molecular weight excluding hydrogens is 246 g/mol. The lowest BCUT2D eigenvalue weighted by Crippen LogP contribution is -2.53. The van der Waals surface area contributed by atoms with Crippen LogP contribution in [-0.2, 0) is 0 Å². The third kappa shape index (κ3) is 2.17. The minimum Gasteiger partial charge on any atom is -0.327 e. The van der Waals surface area contributed by atoms with Crippen LogP contribution in [0.2, 0.25) is 0 Å². The molecule has 4 bridgehead atoms. The monoisotopic (exact) mass is 271 g/mol. The molecule has 4 rings (SSSR count). The molecule has 1 unspecified atom stereocenters. The van der Waals surface area contributed by atoms with Gasteiger partial charge in [0.2, 0.25) is 0 Å². The Morgan fingerprint density at radius 3 is 2.18 bits per heavy atom. The van der Waals surface area contributed by atoms with Crippen LogP contribution in [0, 0.1) is 23.7 Å². The Morgan fingerprint density at radius 1 is 1.18 bits per heavy atom. The summed E-state index contributed by atoms with van der Waals surface area (Å²) in [5.74, 6) is 4.92. The van der Waals surface area contributed by atoms with Gasteiger partial charge in [-0.2, -0.15) is 12.6 Å². The van der Waals surface area contributed by atoms with Crippen molar-refractivity contribution in [3.8, 4) is 0 Å². The molecule has 98 valence electrons. The summed E-state index contributed by atoms with van der Waals surface area (Å²) in [6.07, 6.45) is 8.42. The van der Waals surface area contributed by atoms with Gasteiger partial charge in [0.15, 0.2) is 0 Å². The Hall–Kier alpha value is 0.660. The number of rotatable bonds is 4. The van der Waals surface area contributed by atoms with Crippen LogP contribution in [0.1, 0.15) is 45.4 Å². The summed E-state index contributed by atoms with van der Waals surface area (Å²) in [6, 6.07) is 0.362. The van der Waals surface area contributed by atoms with Crippen molar-refractivity contribution in [2.45, 2.75) is 55.6 Å². The van der Waals surface area contributed by atoms with Crippen LogP contribution in [0.3, 0.4) is 0 Å². The summed E-state index contributed by atoms with van der Waals surface area (Å²) in [6.45, 7) is 2.19. The van der Waals surface area contributed by atoms with Crippen molar-refractivity contribution in [1.29, 1.82) is 0 Å². The van der Waals surface area contributed by atoms with E-state index in [9.17, 15) is 0 Å². The minimum atomic E-state index is 0.264. The maximum atomic E-state index is 6.08. The number of hydrogen-bond acceptors (Lipinski definition) is 3. The van der Waals surface area contributed by atoms with Crippen LogP contribution < -0.4 is 5.73 Å². The largest absolute Gasteiger partial charge is 0.327 e. The highest BCUT2D eigenvalue weighted by Gasteiger charge is 2.55. The lowest BCUT2D eigenvalue weighted by molar-refractivity contribution is 0.0161. The Labute approximate surface area is 115 Å². The van der Waals surface area contributed by atoms with Gasteiger partial charge in [0, 0.05) is 11.8 Å². The smallest absolute Gasteiger partial charge is 0.0638 e. The van der Waals surface area contributed by atoms with E-state index in [1.165, 1.54) is 32.1 Å². The summed E-state index contributed by atoms with van der Waals surface area (Å²) in [5.41, 5.74) is 6.08. The van der Waals surface area contributed by atoms with E-state index < -0.39 is 0 Å². The maximum absolute atomic E-state index is 6.08. The van der Waals surface area contributed by atoms with E-state index in [1.54, 1.807) is 0 Å². The van der Waals surface area contributed by atoms with Crippen LogP contribution in [0.5, 0.6) is 0 Å². The van der Waals surface area contributed by atoms with Crippen LogP contribution in [0.4, 0.5) is 0 Å². The number of thiol groups is 1. The Morgan fingerprint density at radius 2 is 1.71 bits per heavy atom. The molecule has 0 aromatic rings. The standard InChI is InChI=1S/C14H25NS2/c1-2-13(15)8-17-14(16)11-4-9-3-10(6-11)7-12(14)5-9/h9-13,16H,2-8,15H2,1H3. The fraction of sp³-hybridized carbons (Fsp3) is 1.00. The van der Waals surface area contributed by atoms with Gasteiger partial charge in [0.25, 0.3) is 0 Å². The molecule has 0 aromatic heterocycles. The first-order valence-electron chi connectivity index (χ1n) is 7.23. The molecule has 1 atom stereocenters. The van der Waals surface area contributed by atoms with Gasteiger partial charge < -0.3 is 5.73 Å². The number of hydrogen-bond donors (Lipinski definition) is 2. The predicted molar refractivity (Wildman–Crippen MR) is 79.5 cm³/mol. The summed E-state index contributed by atoms with van der Waals surface area (Å²) in [5, 5.41) is 0. The number of nitrogens with two attached hydrogens (primary N) is 1. The van der Waals surface area contributed by atoms with Gasteiger partial charge in [-0.15, -0.1) is 11.8 Å². The molecule has 4 fully saturated rings. The fourth-order valence-corrected chi connectivity index (χ4v) is 6.67. The molecule has 4 aliphatic carbocycles. The lowest BCUT2D eigenvalue weighted by Gasteiger charge is -2.59. The first-order valence-corrected chi connectivity index (χ1v) is 8.67. The second-order valence-electron chi connectivity index (χ2n) is 6.54. The molecule has 0 aromatic carbocycles. The van der Waals surface area contributed by atoms with Crippen molar-refractivity contribution in [2.75, 3.05) is 5.75 Å². The zero-order chi connectivity index (χ0) is 12.0. The average Bonchev–Trinajstić information content (AvgIpc) is 2.32. The molecule has 0 amide bonds. The molecule has 17 heavy (non-hydrogen) atoms. The third-order valence-corrected chi connectivity index (χ3v) is 8.20. The summed E-state index contributed by atoms with van der Waals surface area (Å²) in [4.78, 5) is 0. The molecule has 2 N–H and O–H groups in total. The van der Waals surface area contributed by atoms with E-state index in [0.29, 0.717) is 6.04 Å². The summed E-state index contributed by atoms with van der Waals surface area (Å²) < 4.78 is 0.264. The fourth-order valence-electron chi connectivity index (χ4n) is 4.45. The highest BCUT2D eigenvalue weighted by Crippen LogP contribution is 2.64. The SMILES string of the molecule is CCC(N)CSC1(S)C2CC3CC(C2)CC1C3. The van der Waals surface area contributed by atoms with E-state index in [0.717, 1.165) is 35.8 Å². The second kappa shape index (κ2) is 4.64. The van der Waals surface area contributed by atoms with E-state index in [-0.39, 0.29) is 4.08 Å². The summed E-state index contributed by atoms with van der Waals surface area (Å²) >= 11 is 7.24. The van der Waals surface area contributed by atoms with Gasteiger partial charge in [-0.25, -0.2) is 0 Å². The highest BCUT2D eigenvalue weighted by atomic mass is 32.2. The molecule has 0 heterocycles. The molecular formula is C14H25NS2. The van der Waals surface area contributed by atoms with E-state index in [1.807, 2.05) is 0 Å². The second-order valence-corrected chi connectivity index (χ2v) is 8.88. The number of thioether (sulfide) groups is 1. The first-order chi connectivity index (χ1) is 8.11. The maximum Gasteiger partial charge on any atom is 0.0638 e. The Kier molecular flexibility index (Phi) is 3.46. The Balaban J connectivity index is 1.69. The molecule has 0 saturated heterocycles. The van der Waals surface area contributed by atoms with Crippen LogP contribution >= 0.6 is 24.4 Å². The molecule has 0 spiro atoms. The van der Waals surface area contributed by atoms with Crippen molar-refractivity contribution in [1.82, 2.24) is 0 Å². The van der Waals surface area contributed by atoms with Crippen molar-refractivity contribution in [3.63, 3.8) is 0 Å². The van der Waals surface area contributed by atoms with Gasteiger partial charge in [-0.05, 0) is 62.2 Å². The van der Waals surface area contributed by atoms with E-state index >= 15 is 0 Å². The lowest BCUT2D eigenvalue weighted by atomic mass is 9.56. The van der Waals surface area contributed by atoms with Crippen LogP contribution in [0.15, 0.2) is 0 Å².